The lowest BCUT2D eigenvalue weighted by atomic mass is 10.0. The standard InChI is InChI=1S/C17H24N4/c1-14-18-10-11-21(14)17-9-8-16(13-20-17)19-12-15-6-4-2-3-5-7-15/h8-11,13,15,19H,2-7,12H2,1H3. The SMILES string of the molecule is Cc1nccn1-c1ccc(NCC2CCCCCC2)cn1. The van der Waals surface area contributed by atoms with Crippen molar-refractivity contribution in [2.45, 2.75) is 45.4 Å². The predicted molar refractivity (Wildman–Crippen MR) is 85.8 cm³/mol. The lowest BCUT2D eigenvalue weighted by Gasteiger charge is -2.15. The van der Waals surface area contributed by atoms with E-state index in [1.54, 1.807) is 6.20 Å². The highest BCUT2D eigenvalue weighted by molar-refractivity contribution is 5.43. The molecule has 3 rings (SSSR count). The molecule has 0 spiro atoms. The first-order valence-electron chi connectivity index (χ1n) is 8.03. The first-order chi connectivity index (χ1) is 10.3. The maximum atomic E-state index is 4.52. The molecule has 1 N–H and O–H groups in total. The minimum Gasteiger partial charge on any atom is -0.384 e. The average molecular weight is 284 g/mol. The fraction of sp³-hybridized carbons (Fsp3) is 0.529. The van der Waals surface area contributed by atoms with Gasteiger partial charge in [-0.25, -0.2) is 9.97 Å². The molecule has 0 amide bonds. The molecular formula is C17H24N4. The van der Waals surface area contributed by atoms with E-state index in [0.717, 1.165) is 29.8 Å². The number of imidazole rings is 1. The van der Waals surface area contributed by atoms with E-state index < -0.39 is 0 Å². The molecule has 0 bridgehead atoms. The molecule has 1 aliphatic carbocycles. The van der Waals surface area contributed by atoms with Gasteiger partial charge in [0.15, 0.2) is 0 Å². The molecule has 2 heterocycles. The number of nitrogens with one attached hydrogen (secondary N) is 1. The molecule has 112 valence electrons. The van der Waals surface area contributed by atoms with Crippen molar-refractivity contribution in [2.24, 2.45) is 5.92 Å². The normalized spacial score (nSPS) is 16.6. The molecule has 21 heavy (non-hydrogen) atoms. The highest BCUT2D eigenvalue weighted by atomic mass is 15.1. The predicted octanol–water partition coefficient (Wildman–Crippen LogP) is 3.96. The Morgan fingerprint density at radius 2 is 1.95 bits per heavy atom. The maximum absolute atomic E-state index is 4.52. The zero-order valence-electron chi connectivity index (χ0n) is 12.8. The Kier molecular flexibility index (Phi) is 4.53. The Hall–Kier alpha value is -1.84. The number of pyridine rings is 1. The van der Waals surface area contributed by atoms with Crippen molar-refractivity contribution in [3.63, 3.8) is 0 Å². The monoisotopic (exact) mass is 284 g/mol. The van der Waals surface area contributed by atoms with Crippen LogP contribution in [0.25, 0.3) is 5.82 Å². The van der Waals surface area contributed by atoms with Crippen molar-refractivity contribution in [3.8, 4) is 5.82 Å². The molecule has 0 atom stereocenters. The summed E-state index contributed by atoms with van der Waals surface area (Å²) in [7, 11) is 0. The second-order valence-electron chi connectivity index (χ2n) is 5.99. The molecule has 0 saturated heterocycles. The van der Waals surface area contributed by atoms with Gasteiger partial charge < -0.3 is 5.32 Å². The molecule has 0 aromatic carbocycles. The van der Waals surface area contributed by atoms with Gasteiger partial charge in [0.25, 0.3) is 0 Å². The molecule has 2 aromatic heterocycles. The van der Waals surface area contributed by atoms with Crippen LogP contribution in [0.3, 0.4) is 0 Å². The second kappa shape index (κ2) is 6.74. The number of anilines is 1. The van der Waals surface area contributed by atoms with Gasteiger partial charge in [-0.1, -0.05) is 25.7 Å². The van der Waals surface area contributed by atoms with Gasteiger partial charge >= 0.3 is 0 Å². The fourth-order valence-electron chi connectivity index (χ4n) is 3.08. The van der Waals surface area contributed by atoms with Gasteiger partial charge in [0.2, 0.25) is 0 Å². The maximum Gasteiger partial charge on any atom is 0.138 e. The molecule has 0 unspecified atom stereocenters. The van der Waals surface area contributed by atoms with E-state index >= 15 is 0 Å². The van der Waals surface area contributed by atoms with Crippen molar-refractivity contribution in [2.75, 3.05) is 11.9 Å². The van der Waals surface area contributed by atoms with E-state index in [1.807, 2.05) is 30.0 Å². The van der Waals surface area contributed by atoms with Crippen molar-refractivity contribution < 1.29 is 0 Å². The van der Waals surface area contributed by atoms with Crippen LogP contribution in [0.2, 0.25) is 0 Å². The van der Waals surface area contributed by atoms with Crippen molar-refractivity contribution in [3.05, 3.63) is 36.5 Å². The summed E-state index contributed by atoms with van der Waals surface area (Å²) >= 11 is 0. The Morgan fingerprint density at radius 3 is 2.57 bits per heavy atom. The number of aromatic nitrogens is 3. The molecule has 0 radical (unpaired) electrons. The van der Waals surface area contributed by atoms with Crippen molar-refractivity contribution in [1.82, 2.24) is 14.5 Å². The van der Waals surface area contributed by atoms with Crippen LogP contribution in [0, 0.1) is 12.8 Å². The van der Waals surface area contributed by atoms with Crippen LogP contribution < -0.4 is 5.32 Å². The summed E-state index contributed by atoms with van der Waals surface area (Å²) in [5.41, 5.74) is 1.11. The second-order valence-corrected chi connectivity index (χ2v) is 5.99. The van der Waals surface area contributed by atoms with Gasteiger partial charge in [-0.3, -0.25) is 4.57 Å². The van der Waals surface area contributed by atoms with Crippen molar-refractivity contribution in [1.29, 1.82) is 0 Å². The first kappa shape index (κ1) is 14.1. The average Bonchev–Trinajstić information content (AvgIpc) is 2.78. The van der Waals surface area contributed by atoms with E-state index in [1.165, 1.54) is 38.5 Å². The molecule has 0 aliphatic heterocycles. The van der Waals surface area contributed by atoms with Crippen molar-refractivity contribution >= 4 is 5.69 Å². The number of aryl methyl sites for hydroxylation is 1. The molecular weight excluding hydrogens is 260 g/mol. The first-order valence-corrected chi connectivity index (χ1v) is 8.03. The van der Waals surface area contributed by atoms with Crippen LogP contribution in [0.15, 0.2) is 30.7 Å². The number of nitrogens with zero attached hydrogens (tertiary/aromatic N) is 3. The number of rotatable bonds is 4. The third kappa shape index (κ3) is 3.63. The molecule has 4 nitrogen and oxygen atoms in total. The zero-order chi connectivity index (χ0) is 14.5. The van der Waals surface area contributed by atoms with Gasteiger partial charge in [0, 0.05) is 18.9 Å². The Bertz CT molecular complexity index is 550. The highest BCUT2D eigenvalue weighted by Crippen LogP contribution is 2.23. The fourth-order valence-corrected chi connectivity index (χ4v) is 3.08. The Labute approximate surface area is 126 Å². The summed E-state index contributed by atoms with van der Waals surface area (Å²) in [6.07, 6.45) is 14.0. The van der Waals surface area contributed by atoms with Crippen LogP contribution in [0.5, 0.6) is 0 Å². The number of hydrogen-bond acceptors (Lipinski definition) is 3. The van der Waals surface area contributed by atoms with Crippen LogP contribution in [-0.2, 0) is 0 Å². The van der Waals surface area contributed by atoms with Gasteiger partial charge in [0.1, 0.15) is 11.6 Å². The van der Waals surface area contributed by atoms with E-state index in [-0.39, 0.29) is 0 Å². The van der Waals surface area contributed by atoms with Gasteiger partial charge in [-0.2, -0.15) is 0 Å². The molecule has 4 heteroatoms. The lowest BCUT2D eigenvalue weighted by Crippen LogP contribution is -2.13. The lowest BCUT2D eigenvalue weighted by molar-refractivity contribution is 0.483. The van der Waals surface area contributed by atoms with Gasteiger partial charge in [-0.05, 0) is 37.8 Å². The smallest absolute Gasteiger partial charge is 0.138 e. The molecule has 2 aromatic rings. The van der Waals surface area contributed by atoms with Gasteiger partial charge in [-0.15, -0.1) is 0 Å². The minimum atomic E-state index is 0.822. The molecule has 1 saturated carbocycles. The van der Waals surface area contributed by atoms with Crippen LogP contribution in [-0.4, -0.2) is 21.1 Å². The van der Waals surface area contributed by atoms with E-state index in [9.17, 15) is 0 Å². The van der Waals surface area contributed by atoms with Gasteiger partial charge in [0.05, 0.1) is 11.9 Å². The minimum absolute atomic E-state index is 0.822. The van der Waals surface area contributed by atoms with E-state index in [4.69, 9.17) is 0 Å². The zero-order valence-corrected chi connectivity index (χ0v) is 12.8. The number of hydrogen-bond donors (Lipinski definition) is 1. The summed E-state index contributed by atoms with van der Waals surface area (Å²) < 4.78 is 2.00. The summed E-state index contributed by atoms with van der Waals surface area (Å²) in [6, 6.07) is 4.16. The van der Waals surface area contributed by atoms with Crippen LogP contribution >= 0.6 is 0 Å². The third-order valence-corrected chi connectivity index (χ3v) is 4.39. The van der Waals surface area contributed by atoms with E-state index in [0.29, 0.717) is 0 Å². The molecule has 1 fully saturated rings. The summed E-state index contributed by atoms with van der Waals surface area (Å²) in [4.78, 5) is 8.75. The largest absolute Gasteiger partial charge is 0.384 e. The quantitative estimate of drug-likeness (QED) is 0.864. The summed E-state index contributed by atoms with van der Waals surface area (Å²) in [5.74, 6) is 2.70. The Morgan fingerprint density at radius 1 is 1.14 bits per heavy atom. The van der Waals surface area contributed by atoms with E-state index in [2.05, 4.69) is 21.4 Å². The summed E-state index contributed by atoms with van der Waals surface area (Å²) in [5, 5.41) is 3.54. The summed E-state index contributed by atoms with van der Waals surface area (Å²) in [6.45, 7) is 3.06. The van der Waals surface area contributed by atoms with Crippen LogP contribution in [0.1, 0.15) is 44.3 Å². The molecule has 1 aliphatic rings. The third-order valence-electron chi connectivity index (χ3n) is 4.39. The van der Waals surface area contributed by atoms with Crippen LogP contribution in [0.4, 0.5) is 5.69 Å². The topological polar surface area (TPSA) is 42.7 Å². The highest BCUT2D eigenvalue weighted by Gasteiger charge is 2.11. The Balaban J connectivity index is 1.58.